The van der Waals surface area contributed by atoms with Gasteiger partial charge in [0.2, 0.25) is 0 Å². The summed E-state index contributed by atoms with van der Waals surface area (Å²) in [4.78, 5) is 0. The van der Waals surface area contributed by atoms with Gasteiger partial charge in [0.05, 0.1) is 11.0 Å². The van der Waals surface area contributed by atoms with Crippen molar-refractivity contribution in [3.8, 4) is 0 Å². The summed E-state index contributed by atoms with van der Waals surface area (Å²) >= 11 is 0. The van der Waals surface area contributed by atoms with Gasteiger partial charge in [0.1, 0.15) is 0 Å². The molecule has 1 aliphatic heterocycles. The molecule has 0 N–H and O–H groups in total. The molecule has 0 aliphatic carbocycles. The summed E-state index contributed by atoms with van der Waals surface area (Å²) in [5.41, 5.74) is 1.52. The van der Waals surface area contributed by atoms with Crippen molar-refractivity contribution in [2.24, 2.45) is 5.92 Å². The molecule has 14 heavy (non-hydrogen) atoms. The Balaban J connectivity index is 2.54. The van der Waals surface area contributed by atoms with Crippen molar-refractivity contribution in [1.82, 2.24) is 4.31 Å². The first-order valence-electron chi connectivity index (χ1n) is 5.37. The van der Waals surface area contributed by atoms with Crippen LogP contribution in [0.2, 0.25) is 0 Å². The summed E-state index contributed by atoms with van der Waals surface area (Å²) in [5.74, 6) is 0.643. The summed E-state index contributed by atoms with van der Waals surface area (Å²) < 4.78 is 13.8. The van der Waals surface area contributed by atoms with E-state index in [0.29, 0.717) is 5.92 Å². The van der Waals surface area contributed by atoms with Crippen LogP contribution < -0.4 is 0 Å². The summed E-state index contributed by atoms with van der Waals surface area (Å²) in [5, 5.41) is 0.240. The Morgan fingerprint density at radius 1 is 1.36 bits per heavy atom. The van der Waals surface area contributed by atoms with Gasteiger partial charge in [-0.2, -0.15) is 0 Å². The van der Waals surface area contributed by atoms with Gasteiger partial charge >= 0.3 is 0 Å². The second kappa shape index (κ2) is 5.08. The summed E-state index contributed by atoms with van der Waals surface area (Å²) in [7, 11) is -0.798. The first-order chi connectivity index (χ1) is 6.52. The van der Waals surface area contributed by atoms with Gasteiger partial charge in [-0.25, -0.2) is 8.51 Å². The van der Waals surface area contributed by atoms with Gasteiger partial charge in [0.15, 0.2) is 0 Å². The zero-order valence-electron chi connectivity index (χ0n) is 9.62. The van der Waals surface area contributed by atoms with Gasteiger partial charge in [-0.1, -0.05) is 25.5 Å². The van der Waals surface area contributed by atoms with Crippen LogP contribution in [0.3, 0.4) is 0 Å². The van der Waals surface area contributed by atoms with E-state index in [1.807, 2.05) is 13.8 Å². The minimum absolute atomic E-state index is 0.240. The average Bonchev–Trinajstić information content (AvgIpc) is 2.16. The minimum Gasteiger partial charge on any atom is -0.242 e. The first-order valence-corrected chi connectivity index (χ1v) is 6.54. The predicted octanol–water partition coefficient (Wildman–Crippen LogP) is 2.35. The Kier molecular flexibility index (Phi) is 4.32. The van der Waals surface area contributed by atoms with Crippen molar-refractivity contribution < 1.29 is 4.21 Å². The Morgan fingerprint density at radius 3 is 2.36 bits per heavy atom. The quantitative estimate of drug-likeness (QED) is 0.662. The van der Waals surface area contributed by atoms with Gasteiger partial charge in [-0.3, -0.25) is 0 Å². The molecule has 3 heteroatoms. The molecule has 0 aromatic carbocycles. The van der Waals surface area contributed by atoms with E-state index in [2.05, 4.69) is 24.2 Å². The van der Waals surface area contributed by atoms with E-state index >= 15 is 0 Å². The molecule has 2 nitrogen and oxygen atoms in total. The second-order valence-electron chi connectivity index (χ2n) is 4.40. The summed E-state index contributed by atoms with van der Waals surface area (Å²) in [6, 6.07) is 0. The highest BCUT2D eigenvalue weighted by molar-refractivity contribution is 7.83. The molecular formula is C11H21NOS. The van der Waals surface area contributed by atoms with E-state index in [1.54, 1.807) is 0 Å². The van der Waals surface area contributed by atoms with Gasteiger partial charge < -0.3 is 0 Å². The molecule has 0 saturated carbocycles. The molecule has 0 spiro atoms. The number of hydrogen-bond donors (Lipinski definition) is 0. The smallest absolute Gasteiger partial charge is 0.0971 e. The maximum absolute atomic E-state index is 11.8. The van der Waals surface area contributed by atoms with Crippen LogP contribution in [0.5, 0.6) is 0 Å². The zero-order chi connectivity index (χ0) is 10.7. The van der Waals surface area contributed by atoms with Crippen molar-refractivity contribution in [3.05, 3.63) is 11.6 Å². The molecule has 1 aliphatic rings. The molecule has 82 valence electrons. The molecule has 0 bridgehead atoms. The number of nitrogens with zero attached hydrogens (tertiary/aromatic N) is 1. The minimum atomic E-state index is -0.798. The lowest BCUT2D eigenvalue weighted by Gasteiger charge is -2.27. The van der Waals surface area contributed by atoms with Crippen LogP contribution >= 0.6 is 0 Å². The Morgan fingerprint density at radius 2 is 2.00 bits per heavy atom. The lowest BCUT2D eigenvalue weighted by atomic mass is 9.98. The molecule has 1 unspecified atom stereocenters. The molecule has 0 aromatic heterocycles. The fraction of sp³-hybridized carbons (Fsp3) is 0.818. The fourth-order valence-electron chi connectivity index (χ4n) is 1.65. The molecule has 0 radical (unpaired) electrons. The number of hydrogen-bond acceptors (Lipinski definition) is 1. The van der Waals surface area contributed by atoms with Crippen LogP contribution in [0.1, 0.15) is 34.1 Å². The van der Waals surface area contributed by atoms with Gasteiger partial charge in [-0.05, 0) is 26.2 Å². The second-order valence-corrected chi connectivity index (χ2v) is 6.41. The normalized spacial score (nSPS) is 21.4. The van der Waals surface area contributed by atoms with Crippen molar-refractivity contribution in [3.63, 3.8) is 0 Å². The van der Waals surface area contributed by atoms with Crippen LogP contribution in [0.15, 0.2) is 11.6 Å². The predicted molar refractivity (Wildman–Crippen MR) is 62.4 cm³/mol. The van der Waals surface area contributed by atoms with Crippen molar-refractivity contribution in [1.29, 1.82) is 0 Å². The van der Waals surface area contributed by atoms with Crippen LogP contribution in [0.4, 0.5) is 0 Å². The van der Waals surface area contributed by atoms with Gasteiger partial charge in [0, 0.05) is 18.3 Å². The lowest BCUT2D eigenvalue weighted by molar-refractivity contribution is 0.450. The van der Waals surface area contributed by atoms with Crippen molar-refractivity contribution in [2.45, 2.75) is 39.4 Å². The zero-order valence-corrected chi connectivity index (χ0v) is 10.4. The molecule has 0 fully saturated rings. The maximum atomic E-state index is 11.8. The molecule has 0 amide bonds. The Bertz CT molecular complexity index is 246. The highest BCUT2D eigenvalue weighted by Gasteiger charge is 2.19. The summed E-state index contributed by atoms with van der Waals surface area (Å²) in [6.07, 6.45) is 3.32. The van der Waals surface area contributed by atoms with E-state index < -0.39 is 11.0 Å². The first kappa shape index (κ1) is 11.9. The largest absolute Gasteiger partial charge is 0.242 e. The van der Waals surface area contributed by atoms with E-state index in [4.69, 9.17) is 0 Å². The van der Waals surface area contributed by atoms with E-state index in [0.717, 1.165) is 19.5 Å². The van der Waals surface area contributed by atoms with E-state index in [9.17, 15) is 4.21 Å². The third-order valence-electron chi connectivity index (χ3n) is 2.61. The Hall–Kier alpha value is -0.150. The molecule has 1 atom stereocenters. The molecule has 0 aromatic rings. The van der Waals surface area contributed by atoms with Crippen LogP contribution in [-0.4, -0.2) is 26.9 Å². The fourth-order valence-corrected chi connectivity index (χ4v) is 2.74. The molecular weight excluding hydrogens is 194 g/mol. The molecule has 0 saturated heterocycles. The number of rotatable bonds is 3. The monoisotopic (exact) mass is 215 g/mol. The third kappa shape index (κ3) is 2.92. The van der Waals surface area contributed by atoms with Gasteiger partial charge in [-0.15, -0.1) is 0 Å². The van der Waals surface area contributed by atoms with Crippen LogP contribution in [0, 0.1) is 5.92 Å². The van der Waals surface area contributed by atoms with Crippen LogP contribution in [0.25, 0.3) is 0 Å². The highest BCUT2D eigenvalue weighted by Crippen LogP contribution is 2.20. The SMILES string of the molecule is CC(C)C1=CCN(S(=O)C(C)C)CC1. The van der Waals surface area contributed by atoms with Crippen molar-refractivity contribution in [2.75, 3.05) is 13.1 Å². The molecule has 1 heterocycles. The highest BCUT2D eigenvalue weighted by atomic mass is 32.2. The van der Waals surface area contributed by atoms with E-state index in [-0.39, 0.29) is 5.25 Å². The van der Waals surface area contributed by atoms with E-state index in [1.165, 1.54) is 5.57 Å². The average molecular weight is 215 g/mol. The third-order valence-corrected chi connectivity index (χ3v) is 4.25. The Labute approximate surface area is 90.0 Å². The van der Waals surface area contributed by atoms with Crippen LogP contribution in [-0.2, 0) is 11.0 Å². The maximum Gasteiger partial charge on any atom is 0.0971 e. The summed E-state index contributed by atoms with van der Waals surface area (Å²) in [6.45, 7) is 10.3. The van der Waals surface area contributed by atoms with Crippen molar-refractivity contribution >= 4 is 11.0 Å². The lowest BCUT2D eigenvalue weighted by Crippen LogP contribution is -2.35. The standard InChI is InChI=1S/C11H21NOS/c1-9(2)11-5-7-12(8-6-11)14(13)10(3)4/h5,9-10H,6-8H2,1-4H3. The topological polar surface area (TPSA) is 20.3 Å². The molecule has 1 rings (SSSR count). The van der Waals surface area contributed by atoms with Gasteiger partial charge in [0.25, 0.3) is 0 Å².